The largest absolute Gasteiger partial charge is 0.268 e. The molecule has 0 radical (unpaired) electrons. The van der Waals surface area contributed by atoms with Crippen LogP contribution in [0, 0.1) is 11.3 Å². The van der Waals surface area contributed by atoms with E-state index in [1.807, 2.05) is 30.3 Å². The van der Waals surface area contributed by atoms with Crippen molar-refractivity contribution in [1.82, 2.24) is 3.97 Å². The molecule has 0 fully saturated rings. The van der Waals surface area contributed by atoms with Gasteiger partial charge < -0.3 is 0 Å². The van der Waals surface area contributed by atoms with Gasteiger partial charge >= 0.3 is 0 Å². The summed E-state index contributed by atoms with van der Waals surface area (Å²) in [6.45, 7) is 0. The van der Waals surface area contributed by atoms with Crippen LogP contribution in [0.3, 0.4) is 0 Å². The highest BCUT2D eigenvalue weighted by atomic mass is 79.9. The number of alkyl halides is 1. The highest BCUT2D eigenvalue weighted by Gasteiger charge is 2.23. The lowest BCUT2D eigenvalue weighted by Gasteiger charge is -2.10. The summed E-state index contributed by atoms with van der Waals surface area (Å²) in [5.41, 5.74) is 2.08. The Morgan fingerprint density at radius 3 is 2.55 bits per heavy atom. The Bertz CT molecular complexity index is 1350. The Kier molecular flexibility index (Phi) is 5.44. The second-order valence-electron chi connectivity index (χ2n) is 6.92. The molecule has 0 aliphatic rings. The van der Waals surface area contributed by atoms with Crippen LogP contribution >= 0.6 is 15.9 Å². The van der Waals surface area contributed by atoms with Gasteiger partial charge in [-0.25, -0.2) is 12.4 Å². The van der Waals surface area contributed by atoms with Crippen molar-refractivity contribution >= 4 is 47.6 Å². The quantitative estimate of drug-likeness (QED) is 0.273. The van der Waals surface area contributed by atoms with Crippen LogP contribution in [0.1, 0.15) is 24.0 Å². The SMILES string of the molecule is N#Cc1ccc2c(c1)c(CCCCBr)cn2S(=O)(=O)c1cccc2ccccc12. The van der Waals surface area contributed by atoms with Gasteiger partial charge in [0.2, 0.25) is 0 Å². The van der Waals surface area contributed by atoms with E-state index >= 15 is 0 Å². The van der Waals surface area contributed by atoms with Gasteiger partial charge in [-0.3, -0.25) is 0 Å². The Morgan fingerprint density at radius 1 is 0.966 bits per heavy atom. The van der Waals surface area contributed by atoms with Crippen molar-refractivity contribution in [3.05, 3.63) is 78.0 Å². The molecule has 4 aromatic rings. The molecule has 1 aromatic heterocycles. The molecular formula is C23H19BrN2O2S. The number of aromatic nitrogens is 1. The topological polar surface area (TPSA) is 62.9 Å². The standard InChI is InChI=1S/C23H19BrN2O2S/c24-13-4-3-7-19-16-26(22-12-11-17(15-25)14-21(19)22)29(27,28)23-10-5-8-18-6-1-2-9-20(18)23/h1-2,5-6,8-12,14,16H,3-4,7,13H2. The summed E-state index contributed by atoms with van der Waals surface area (Å²) in [5.74, 6) is 0. The zero-order valence-corrected chi connectivity index (χ0v) is 18.1. The summed E-state index contributed by atoms with van der Waals surface area (Å²) < 4.78 is 28.7. The number of fused-ring (bicyclic) bond motifs is 2. The Labute approximate surface area is 178 Å². The molecule has 0 amide bonds. The fraction of sp³-hybridized carbons (Fsp3) is 0.174. The van der Waals surface area contributed by atoms with E-state index in [1.54, 1.807) is 36.5 Å². The number of halogens is 1. The van der Waals surface area contributed by atoms with Crippen LogP contribution in [0.15, 0.2) is 71.8 Å². The summed E-state index contributed by atoms with van der Waals surface area (Å²) in [7, 11) is -3.80. The summed E-state index contributed by atoms with van der Waals surface area (Å²) in [5, 5.41) is 12.6. The average molecular weight is 467 g/mol. The number of unbranched alkanes of at least 4 members (excludes halogenated alkanes) is 1. The lowest BCUT2D eigenvalue weighted by Crippen LogP contribution is -2.12. The van der Waals surface area contributed by atoms with Gasteiger partial charge in [-0.05, 0) is 54.5 Å². The van der Waals surface area contributed by atoms with E-state index in [9.17, 15) is 13.7 Å². The van der Waals surface area contributed by atoms with Gasteiger partial charge in [-0.15, -0.1) is 0 Å². The molecule has 6 heteroatoms. The van der Waals surface area contributed by atoms with Crippen molar-refractivity contribution in [2.24, 2.45) is 0 Å². The van der Waals surface area contributed by atoms with E-state index in [4.69, 9.17) is 0 Å². The van der Waals surface area contributed by atoms with Crippen LogP contribution in [0.5, 0.6) is 0 Å². The second kappa shape index (κ2) is 8.02. The highest BCUT2D eigenvalue weighted by Crippen LogP contribution is 2.31. The maximum atomic E-state index is 13.6. The third kappa shape index (κ3) is 3.57. The van der Waals surface area contributed by atoms with E-state index in [0.29, 0.717) is 16.5 Å². The van der Waals surface area contributed by atoms with E-state index in [-0.39, 0.29) is 4.90 Å². The molecule has 0 bridgehead atoms. The van der Waals surface area contributed by atoms with Gasteiger partial charge in [-0.1, -0.05) is 52.3 Å². The molecule has 0 aliphatic carbocycles. The molecule has 1 heterocycles. The smallest absolute Gasteiger partial charge is 0.241 e. The van der Waals surface area contributed by atoms with Gasteiger partial charge in [0.05, 0.1) is 22.0 Å². The summed E-state index contributed by atoms with van der Waals surface area (Å²) in [6.07, 6.45) is 4.42. The molecule has 4 nitrogen and oxygen atoms in total. The van der Waals surface area contributed by atoms with Crippen LogP contribution in [-0.2, 0) is 16.4 Å². The molecule has 0 saturated heterocycles. The third-order valence-corrected chi connectivity index (χ3v) is 7.39. The Morgan fingerprint density at radius 2 is 1.76 bits per heavy atom. The van der Waals surface area contributed by atoms with Crippen molar-refractivity contribution < 1.29 is 8.42 Å². The summed E-state index contributed by atoms with van der Waals surface area (Å²) >= 11 is 3.44. The van der Waals surface area contributed by atoms with Gasteiger partial charge in [0.15, 0.2) is 0 Å². The lowest BCUT2D eigenvalue weighted by atomic mass is 10.1. The van der Waals surface area contributed by atoms with Crippen molar-refractivity contribution in [3.8, 4) is 6.07 Å². The minimum Gasteiger partial charge on any atom is -0.241 e. The number of nitriles is 1. The fourth-order valence-electron chi connectivity index (χ4n) is 3.67. The predicted molar refractivity (Wildman–Crippen MR) is 120 cm³/mol. The number of hydrogen-bond acceptors (Lipinski definition) is 3. The first-order chi connectivity index (χ1) is 14.1. The van der Waals surface area contributed by atoms with Crippen molar-refractivity contribution in [1.29, 1.82) is 5.26 Å². The first kappa shape index (κ1) is 19.7. The minimum atomic E-state index is -3.80. The van der Waals surface area contributed by atoms with Crippen molar-refractivity contribution in [3.63, 3.8) is 0 Å². The van der Waals surface area contributed by atoms with E-state index in [1.165, 1.54) is 3.97 Å². The fourth-order valence-corrected chi connectivity index (χ4v) is 5.68. The number of hydrogen-bond donors (Lipinski definition) is 0. The maximum absolute atomic E-state index is 13.6. The minimum absolute atomic E-state index is 0.281. The lowest BCUT2D eigenvalue weighted by molar-refractivity contribution is 0.590. The van der Waals surface area contributed by atoms with Crippen LogP contribution in [0.4, 0.5) is 0 Å². The van der Waals surface area contributed by atoms with Crippen LogP contribution in [-0.4, -0.2) is 17.7 Å². The number of aryl methyl sites for hydroxylation is 1. The third-order valence-electron chi connectivity index (χ3n) is 5.10. The molecule has 0 saturated carbocycles. The average Bonchev–Trinajstić information content (AvgIpc) is 3.12. The van der Waals surface area contributed by atoms with Crippen molar-refractivity contribution in [2.75, 3.05) is 5.33 Å². The maximum Gasteiger partial charge on any atom is 0.268 e. The van der Waals surface area contributed by atoms with Gasteiger partial charge in [0.1, 0.15) is 0 Å². The van der Waals surface area contributed by atoms with E-state index < -0.39 is 10.0 Å². The number of benzene rings is 3. The van der Waals surface area contributed by atoms with Gasteiger partial charge in [-0.2, -0.15) is 5.26 Å². The number of nitrogens with zero attached hydrogens (tertiary/aromatic N) is 2. The molecule has 0 aliphatic heterocycles. The molecule has 0 N–H and O–H groups in total. The first-order valence-electron chi connectivity index (χ1n) is 9.39. The monoisotopic (exact) mass is 466 g/mol. The molecule has 146 valence electrons. The molecule has 4 rings (SSSR count). The zero-order chi connectivity index (χ0) is 20.4. The summed E-state index contributed by atoms with van der Waals surface area (Å²) in [6, 6.07) is 20.1. The van der Waals surface area contributed by atoms with Crippen LogP contribution in [0.2, 0.25) is 0 Å². The van der Waals surface area contributed by atoms with Crippen molar-refractivity contribution in [2.45, 2.75) is 24.2 Å². The predicted octanol–water partition coefficient (Wildman–Crippen LogP) is 5.62. The second-order valence-corrected chi connectivity index (χ2v) is 9.50. The molecule has 3 aromatic carbocycles. The van der Waals surface area contributed by atoms with E-state index in [2.05, 4.69) is 22.0 Å². The molecule has 29 heavy (non-hydrogen) atoms. The summed E-state index contributed by atoms with van der Waals surface area (Å²) in [4.78, 5) is 0.281. The van der Waals surface area contributed by atoms with Crippen LogP contribution < -0.4 is 0 Å². The molecule has 0 spiro atoms. The van der Waals surface area contributed by atoms with E-state index in [0.717, 1.165) is 40.9 Å². The first-order valence-corrected chi connectivity index (χ1v) is 12.0. The molecule has 0 atom stereocenters. The normalized spacial score (nSPS) is 11.7. The Balaban J connectivity index is 1.93. The highest BCUT2D eigenvalue weighted by molar-refractivity contribution is 9.09. The molecule has 0 unspecified atom stereocenters. The van der Waals surface area contributed by atoms with Gasteiger partial charge in [0.25, 0.3) is 10.0 Å². The zero-order valence-electron chi connectivity index (χ0n) is 15.7. The molecular weight excluding hydrogens is 448 g/mol. The van der Waals surface area contributed by atoms with Crippen LogP contribution in [0.25, 0.3) is 21.7 Å². The van der Waals surface area contributed by atoms with Gasteiger partial charge in [0, 0.05) is 22.3 Å². The Hall–Kier alpha value is -2.62. The number of rotatable bonds is 6.